The second-order valence-electron chi connectivity index (χ2n) is 8.12. The quantitative estimate of drug-likeness (QED) is 0.624. The normalized spacial score (nSPS) is 15.1. The van der Waals surface area contributed by atoms with E-state index < -0.39 is 0 Å². The molecule has 2 aliphatic rings. The Morgan fingerprint density at radius 2 is 1.79 bits per heavy atom. The van der Waals surface area contributed by atoms with Gasteiger partial charge in [-0.25, -0.2) is 29.1 Å². The lowest BCUT2D eigenvalue weighted by atomic mass is 10.1. The minimum absolute atomic E-state index is 0.126. The Kier molecular flexibility index (Phi) is 6.03. The number of urea groups is 1. The summed E-state index contributed by atoms with van der Waals surface area (Å²) in [6.07, 6.45) is 7.88. The molecule has 0 radical (unpaired) electrons. The van der Waals surface area contributed by atoms with Crippen LogP contribution in [0, 0.1) is 5.82 Å². The van der Waals surface area contributed by atoms with E-state index in [0.29, 0.717) is 45.2 Å². The Labute approximate surface area is 196 Å². The molecule has 9 nitrogen and oxygen atoms in total. The van der Waals surface area contributed by atoms with Crippen LogP contribution in [0.5, 0.6) is 6.01 Å². The third-order valence-electron chi connectivity index (χ3n) is 6.03. The van der Waals surface area contributed by atoms with Crippen molar-refractivity contribution in [2.24, 2.45) is 0 Å². The highest BCUT2D eigenvalue weighted by Gasteiger charge is 2.26. The van der Waals surface area contributed by atoms with Gasteiger partial charge in [-0.05, 0) is 29.3 Å². The molecule has 0 saturated carbocycles. The van der Waals surface area contributed by atoms with Gasteiger partial charge in [0.1, 0.15) is 18.0 Å². The number of carbonyl (C=O) groups excluding carboxylic acids is 1. The first-order valence-electron chi connectivity index (χ1n) is 11.0. The number of methoxy groups -OCH3 is 1. The fourth-order valence-corrected chi connectivity index (χ4v) is 4.15. The third-order valence-corrected chi connectivity index (χ3v) is 6.03. The van der Waals surface area contributed by atoms with Crippen molar-refractivity contribution < 1.29 is 13.9 Å². The Morgan fingerprint density at radius 1 is 1.06 bits per heavy atom. The van der Waals surface area contributed by atoms with Gasteiger partial charge in [0, 0.05) is 62.7 Å². The molecule has 0 spiro atoms. The first-order valence-corrected chi connectivity index (χ1v) is 11.0. The maximum absolute atomic E-state index is 13.0. The number of benzene rings is 1. The van der Waals surface area contributed by atoms with Crippen molar-refractivity contribution in [1.29, 1.82) is 0 Å². The molecule has 3 aromatic rings. The summed E-state index contributed by atoms with van der Waals surface area (Å²) in [4.78, 5) is 34.0. The zero-order valence-corrected chi connectivity index (χ0v) is 18.7. The van der Waals surface area contributed by atoms with Crippen LogP contribution in [0.3, 0.4) is 0 Å². The first-order chi connectivity index (χ1) is 16.6. The van der Waals surface area contributed by atoms with E-state index in [1.54, 1.807) is 35.8 Å². The molecule has 174 valence electrons. The summed E-state index contributed by atoms with van der Waals surface area (Å²) in [6.45, 7) is 2.86. The van der Waals surface area contributed by atoms with E-state index in [1.807, 2.05) is 0 Å². The predicted molar refractivity (Wildman–Crippen MR) is 125 cm³/mol. The average molecular weight is 462 g/mol. The summed E-state index contributed by atoms with van der Waals surface area (Å²) in [5.41, 5.74) is 4.83. The number of carbonyl (C=O) groups is 1. The number of piperazine rings is 1. The number of halogens is 1. The maximum atomic E-state index is 13.0. The lowest BCUT2D eigenvalue weighted by Gasteiger charge is -2.36. The van der Waals surface area contributed by atoms with E-state index in [4.69, 9.17) is 4.74 Å². The van der Waals surface area contributed by atoms with Crippen LogP contribution in [-0.4, -0.2) is 64.2 Å². The molecular weight excluding hydrogens is 437 g/mol. The monoisotopic (exact) mass is 461 g/mol. The Bertz CT molecular complexity index is 1210. The molecule has 2 aromatic heterocycles. The minimum atomic E-state index is -0.290. The Hall–Kier alpha value is -4.08. The van der Waals surface area contributed by atoms with Crippen LogP contribution in [0.25, 0.3) is 11.6 Å². The van der Waals surface area contributed by atoms with Crippen LogP contribution >= 0.6 is 0 Å². The van der Waals surface area contributed by atoms with Crippen LogP contribution in [0.2, 0.25) is 0 Å². The molecular formula is C24H24FN7O2. The van der Waals surface area contributed by atoms with Gasteiger partial charge in [0.05, 0.1) is 12.8 Å². The fraction of sp³-hybridized carbons (Fsp3) is 0.292. The molecule has 0 bridgehead atoms. The first kappa shape index (κ1) is 21.7. The lowest BCUT2D eigenvalue weighted by Crippen LogP contribution is -2.52. The smallest absolute Gasteiger partial charge is 0.317 e. The van der Waals surface area contributed by atoms with E-state index >= 15 is 0 Å². The molecule has 0 atom stereocenters. The van der Waals surface area contributed by atoms with Crippen molar-refractivity contribution in [1.82, 2.24) is 30.2 Å². The summed E-state index contributed by atoms with van der Waals surface area (Å²) < 4.78 is 18.1. The minimum Gasteiger partial charge on any atom is -0.467 e. The fourth-order valence-electron chi connectivity index (χ4n) is 4.15. The number of aromatic nitrogens is 4. The van der Waals surface area contributed by atoms with E-state index in [9.17, 15) is 9.18 Å². The number of nitrogens with one attached hydrogen (secondary N) is 1. The zero-order chi connectivity index (χ0) is 23.5. The van der Waals surface area contributed by atoms with E-state index in [-0.39, 0.29) is 11.8 Å². The number of rotatable bonds is 5. The number of ether oxygens (including phenoxy) is 1. The standard InChI is InChI=1S/C24H24FN7O2/c1-34-23-26-13-18(14-27-23)17-10-20-21(11-17)29-15-30-22(20)31-6-8-32(9-7-31)24(33)28-12-16-2-4-19(25)5-3-16/h2-5,10,13-15H,6-9,11-12H2,1H3,(H,28,33). The van der Waals surface area contributed by atoms with Gasteiger partial charge in [-0.1, -0.05) is 12.1 Å². The number of hydrogen-bond acceptors (Lipinski definition) is 7. The molecule has 1 aliphatic heterocycles. The molecule has 1 N–H and O–H groups in total. The van der Waals surface area contributed by atoms with Gasteiger partial charge in [-0.15, -0.1) is 0 Å². The molecule has 5 rings (SSSR count). The molecule has 1 aliphatic carbocycles. The summed E-state index contributed by atoms with van der Waals surface area (Å²) in [7, 11) is 1.54. The number of allylic oxidation sites excluding steroid dienone is 1. The summed E-state index contributed by atoms with van der Waals surface area (Å²) in [6, 6.07) is 6.33. The maximum Gasteiger partial charge on any atom is 0.317 e. The molecule has 1 saturated heterocycles. The van der Waals surface area contributed by atoms with Crippen molar-refractivity contribution in [3.05, 3.63) is 71.2 Å². The highest BCUT2D eigenvalue weighted by atomic mass is 19.1. The van der Waals surface area contributed by atoms with Gasteiger partial charge in [0.15, 0.2) is 0 Å². The zero-order valence-electron chi connectivity index (χ0n) is 18.7. The van der Waals surface area contributed by atoms with Gasteiger partial charge >= 0.3 is 12.0 Å². The van der Waals surface area contributed by atoms with Crippen molar-refractivity contribution in [2.45, 2.75) is 13.0 Å². The lowest BCUT2D eigenvalue weighted by molar-refractivity contribution is 0.194. The molecule has 34 heavy (non-hydrogen) atoms. The molecule has 3 heterocycles. The number of anilines is 1. The van der Waals surface area contributed by atoms with Crippen molar-refractivity contribution >= 4 is 23.5 Å². The number of hydrogen-bond donors (Lipinski definition) is 1. The summed E-state index contributed by atoms with van der Waals surface area (Å²) in [5, 5.41) is 2.91. The van der Waals surface area contributed by atoms with Crippen molar-refractivity contribution in [2.75, 3.05) is 38.2 Å². The van der Waals surface area contributed by atoms with Crippen molar-refractivity contribution in [3.8, 4) is 6.01 Å². The highest BCUT2D eigenvalue weighted by Crippen LogP contribution is 2.34. The second-order valence-corrected chi connectivity index (χ2v) is 8.12. The summed E-state index contributed by atoms with van der Waals surface area (Å²) in [5.74, 6) is 0.586. The number of nitrogens with zero attached hydrogens (tertiary/aromatic N) is 6. The van der Waals surface area contributed by atoms with Gasteiger partial charge in [0.25, 0.3) is 0 Å². The van der Waals surface area contributed by atoms with Crippen molar-refractivity contribution in [3.63, 3.8) is 0 Å². The van der Waals surface area contributed by atoms with Crippen LogP contribution < -0.4 is 15.0 Å². The Morgan fingerprint density at radius 3 is 2.50 bits per heavy atom. The van der Waals surface area contributed by atoms with Crippen LogP contribution in [0.1, 0.15) is 22.4 Å². The summed E-state index contributed by atoms with van der Waals surface area (Å²) >= 11 is 0. The number of amides is 2. The Balaban J connectivity index is 1.22. The van der Waals surface area contributed by atoms with Crippen LogP contribution in [0.15, 0.2) is 43.0 Å². The van der Waals surface area contributed by atoms with E-state index in [0.717, 1.165) is 33.8 Å². The van der Waals surface area contributed by atoms with Gasteiger partial charge in [-0.3, -0.25) is 0 Å². The van der Waals surface area contributed by atoms with Crippen LogP contribution in [0.4, 0.5) is 15.0 Å². The SMILES string of the molecule is COc1ncc(C2=Cc3c(ncnc3N3CCN(C(=O)NCc4ccc(F)cc4)CC3)C2)cn1. The molecule has 2 amide bonds. The highest BCUT2D eigenvalue weighted by molar-refractivity contribution is 5.90. The van der Waals surface area contributed by atoms with Gasteiger partial charge in [0.2, 0.25) is 0 Å². The molecule has 1 fully saturated rings. The van der Waals surface area contributed by atoms with Gasteiger partial charge < -0.3 is 19.9 Å². The largest absolute Gasteiger partial charge is 0.467 e. The van der Waals surface area contributed by atoms with Gasteiger partial charge in [-0.2, -0.15) is 0 Å². The average Bonchev–Trinajstić information content (AvgIpc) is 3.33. The molecule has 0 unspecified atom stereocenters. The molecule has 10 heteroatoms. The number of fused-ring (bicyclic) bond motifs is 1. The van der Waals surface area contributed by atoms with E-state index in [1.165, 1.54) is 19.2 Å². The second kappa shape index (κ2) is 9.42. The molecule has 1 aromatic carbocycles. The third kappa shape index (κ3) is 4.52. The predicted octanol–water partition coefficient (Wildman–Crippen LogP) is 2.54. The topological polar surface area (TPSA) is 96.4 Å². The van der Waals surface area contributed by atoms with E-state index in [2.05, 4.69) is 36.2 Å². The van der Waals surface area contributed by atoms with Crippen LogP contribution in [-0.2, 0) is 13.0 Å².